The second kappa shape index (κ2) is 5.10. The van der Waals surface area contributed by atoms with Crippen molar-refractivity contribution in [2.24, 2.45) is 0 Å². The average Bonchev–Trinajstić information content (AvgIpc) is 1.89. The summed E-state index contributed by atoms with van der Waals surface area (Å²) in [5.41, 5.74) is 0. The van der Waals surface area contributed by atoms with E-state index in [1.165, 1.54) is 0 Å². The van der Waals surface area contributed by atoms with Gasteiger partial charge in [0.1, 0.15) is 0 Å². The van der Waals surface area contributed by atoms with E-state index < -0.39 is 0 Å². The molecule has 0 rings (SSSR count). The fourth-order valence-electron chi connectivity index (χ4n) is 0.307. The van der Waals surface area contributed by atoms with Gasteiger partial charge in [-0.25, -0.2) is 6.57 Å². The molecule has 0 amide bonds. The lowest BCUT2D eigenvalue weighted by molar-refractivity contribution is -0.142. The van der Waals surface area contributed by atoms with E-state index >= 15 is 0 Å². The minimum atomic E-state index is -0.237. The van der Waals surface area contributed by atoms with E-state index in [0.717, 1.165) is 0 Å². The SMILES string of the molecule is [C-]#[N+]CCOC(=O)CC. The summed E-state index contributed by atoms with van der Waals surface area (Å²) >= 11 is 0. The van der Waals surface area contributed by atoms with Crippen molar-refractivity contribution in [1.29, 1.82) is 0 Å². The Morgan fingerprint density at radius 2 is 2.44 bits per heavy atom. The fourth-order valence-corrected chi connectivity index (χ4v) is 0.307. The molecule has 9 heavy (non-hydrogen) atoms. The highest BCUT2D eigenvalue weighted by Crippen LogP contribution is 1.83. The summed E-state index contributed by atoms with van der Waals surface area (Å²) < 4.78 is 4.58. The molecule has 0 fully saturated rings. The Morgan fingerprint density at radius 1 is 1.78 bits per heavy atom. The molecule has 3 nitrogen and oxygen atoms in total. The van der Waals surface area contributed by atoms with Crippen LogP contribution in [0.5, 0.6) is 0 Å². The van der Waals surface area contributed by atoms with Crippen LogP contribution in [-0.4, -0.2) is 19.1 Å². The second-order valence-corrected chi connectivity index (χ2v) is 1.46. The molecule has 0 heterocycles. The maximum Gasteiger partial charge on any atom is 0.305 e. The smallest absolute Gasteiger partial charge is 0.305 e. The molecule has 0 radical (unpaired) electrons. The number of carbonyl (C=O) groups is 1. The van der Waals surface area contributed by atoms with Crippen LogP contribution in [0.1, 0.15) is 13.3 Å². The largest absolute Gasteiger partial charge is 0.458 e. The zero-order valence-electron chi connectivity index (χ0n) is 5.39. The normalized spacial score (nSPS) is 8.00. The Labute approximate surface area is 54.4 Å². The molecule has 0 N–H and O–H groups in total. The highest BCUT2D eigenvalue weighted by Gasteiger charge is 1.96. The van der Waals surface area contributed by atoms with Crippen LogP contribution in [0.4, 0.5) is 0 Å². The van der Waals surface area contributed by atoms with Gasteiger partial charge in [-0.15, -0.1) is 0 Å². The number of rotatable bonds is 3. The summed E-state index contributed by atoms with van der Waals surface area (Å²) in [5, 5.41) is 0. The molecule has 0 aromatic rings. The predicted octanol–water partition coefficient (Wildman–Crippen LogP) is 0.859. The molecule has 50 valence electrons. The summed E-state index contributed by atoms with van der Waals surface area (Å²) in [7, 11) is 0. The van der Waals surface area contributed by atoms with Crippen molar-refractivity contribution in [3.63, 3.8) is 0 Å². The maximum atomic E-state index is 10.4. The molecule has 0 spiro atoms. The van der Waals surface area contributed by atoms with E-state index in [1.54, 1.807) is 6.92 Å². The Balaban J connectivity index is 3.09. The van der Waals surface area contributed by atoms with Crippen molar-refractivity contribution in [2.45, 2.75) is 13.3 Å². The van der Waals surface area contributed by atoms with Crippen LogP contribution in [-0.2, 0) is 9.53 Å². The topological polar surface area (TPSA) is 30.7 Å². The molecule has 0 saturated heterocycles. The molecular formula is C6H9NO2. The van der Waals surface area contributed by atoms with Crippen molar-refractivity contribution in [1.82, 2.24) is 0 Å². The molecule has 0 aromatic heterocycles. The second-order valence-electron chi connectivity index (χ2n) is 1.46. The van der Waals surface area contributed by atoms with Gasteiger partial charge in [0, 0.05) is 6.42 Å². The van der Waals surface area contributed by atoms with Gasteiger partial charge in [0.05, 0.1) is 0 Å². The van der Waals surface area contributed by atoms with Crippen LogP contribution in [0.25, 0.3) is 4.85 Å². The highest BCUT2D eigenvalue weighted by atomic mass is 16.5. The van der Waals surface area contributed by atoms with Gasteiger partial charge in [-0.2, -0.15) is 0 Å². The van der Waals surface area contributed by atoms with E-state index in [1.807, 2.05) is 0 Å². The monoisotopic (exact) mass is 127 g/mol. The average molecular weight is 127 g/mol. The lowest BCUT2D eigenvalue weighted by Crippen LogP contribution is -2.04. The lowest BCUT2D eigenvalue weighted by atomic mass is 10.5. The summed E-state index contributed by atoms with van der Waals surface area (Å²) in [6, 6.07) is 0. The lowest BCUT2D eigenvalue weighted by Gasteiger charge is -1.94. The van der Waals surface area contributed by atoms with E-state index in [0.29, 0.717) is 6.42 Å². The molecule has 0 bridgehead atoms. The first-order valence-corrected chi connectivity index (χ1v) is 2.80. The van der Waals surface area contributed by atoms with Gasteiger partial charge in [0.25, 0.3) is 0 Å². The van der Waals surface area contributed by atoms with Crippen molar-refractivity contribution in [2.75, 3.05) is 13.2 Å². The quantitative estimate of drug-likeness (QED) is 0.320. The number of ether oxygens (including phenoxy) is 1. The minimum Gasteiger partial charge on any atom is -0.458 e. The molecule has 0 saturated carbocycles. The van der Waals surface area contributed by atoms with E-state index in [9.17, 15) is 4.79 Å². The summed E-state index contributed by atoms with van der Waals surface area (Å²) in [4.78, 5) is 13.4. The number of hydrogen-bond donors (Lipinski definition) is 0. The fraction of sp³-hybridized carbons (Fsp3) is 0.667. The number of carbonyl (C=O) groups excluding carboxylic acids is 1. The first kappa shape index (κ1) is 7.96. The van der Waals surface area contributed by atoms with Crippen LogP contribution in [0, 0.1) is 6.57 Å². The van der Waals surface area contributed by atoms with Gasteiger partial charge in [-0.05, 0) is 0 Å². The van der Waals surface area contributed by atoms with Gasteiger partial charge >= 0.3 is 5.97 Å². The molecule has 0 aliphatic carbocycles. The first-order chi connectivity index (χ1) is 4.31. The van der Waals surface area contributed by atoms with Crippen LogP contribution in [0.2, 0.25) is 0 Å². The highest BCUT2D eigenvalue weighted by molar-refractivity contribution is 5.68. The summed E-state index contributed by atoms with van der Waals surface area (Å²) in [6.07, 6.45) is 0.387. The van der Waals surface area contributed by atoms with Crippen LogP contribution in [0.15, 0.2) is 0 Å². The third-order valence-corrected chi connectivity index (χ3v) is 0.755. The van der Waals surface area contributed by atoms with E-state index in [2.05, 4.69) is 9.58 Å². The Hall–Kier alpha value is -1.04. The standard InChI is InChI=1S/C6H9NO2/c1-3-6(8)9-5-4-7-2/h3-5H2,1H3. The van der Waals surface area contributed by atoms with Crippen molar-refractivity contribution >= 4 is 5.97 Å². The Bertz CT molecular complexity index is 126. The van der Waals surface area contributed by atoms with Crippen molar-refractivity contribution < 1.29 is 9.53 Å². The third-order valence-electron chi connectivity index (χ3n) is 0.755. The first-order valence-electron chi connectivity index (χ1n) is 2.80. The van der Waals surface area contributed by atoms with Gasteiger partial charge in [0.15, 0.2) is 6.61 Å². The summed E-state index contributed by atoms with van der Waals surface area (Å²) in [5.74, 6) is -0.237. The number of hydrogen-bond acceptors (Lipinski definition) is 2. The maximum absolute atomic E-state index is 10.4. The Kier molecular flexibility index (Phi) is 4.51. The van der Waals surface area contributed by atoms with Crippen molar-refractivity contribution in [3.05, 3.63) is 11.4 Å². The Morgan fingerprint density at radius 3 is 2.89 bits per heavy atom. The summed E-state index contributed by atoms with van der Waals surface area (Å²) in [6.45, 7) is 8.56. The van der Waals surface area contributed by atoms with Gasteiger partial charge in [0.2, 0.25) is 6.54 Å². The molecule has 0 atom stereocenters. The zero-order chi connectivity index (χ0) is 7.11. The zero-order valence-corrected chi connectivity index (χ0v) is 5.39. The molecule has 0 aliphatic heterocycles. The third kappa shape index (κ3) is 4.82. The van der Waals surface area contributed by atoms with E-state index in [4.69, 9.17) is 6.57 Å². The minimum absolute atomic E-state index is 0.232. The molecular weight excluding hydrogens is 118 g/mol. The van der Waals surface area contributed by atoms with Gasteiger partial charge in [-0.1, -0.05) is 6.92 Å². The van der Waals surface area contributed by atoms with Crippen LogP contribution in [0.3, 0.4) is 0 Å². The van der Waals surface area contributed by atoms with E-state index in [-0.39, 0.29) is 19.1 Å². The molecule has 0 aromatic carbocycles. The van der Waals surface area contributed by atoms with Crippen LogP contribution < -0.4 is 0 Å². The predicted molar refractivity (Wildman–Crippen MR) is 32.7 cm³/mol. The van der Waals surface area contributed by atoms with Crippen LogP contribution >= 0.6 is 0 Å². The molecule has 0 unspecified atom stereocenters. The van der Waals surface area contributed by atoms with Gasteiger partial charge < -0.3 is 9.58 Å². The molecule has 0 aliphatic rings. The number of nitrogens with zero attached hydrogens (tertiary/aromatic N) is 1. The van der Waals surface area contributed by atoms with Gasteiger partial charge in [-0.3, -0.25) is 4.79 Å². The molecule has 3 heteroatoms. The number of esters is 1. The van der Waals surface area contributed by atoms with Crippen molar-refractivity contribution in [3.8, 4) is 0 Å².